The SMILES string of the molecule is CCCCCCCCOC(=O)CCc1cc(C2C=CC(Cl)=CC2)c(O)c(C(C)(C)C)c1.c1ccc2n[nH]nc2c1. The first kappa shape index (κ1) is 31.4. The Balaban J connectivity index is 0.000000407. The third-order valence-corrected chi connectivity index (χ3v) is 7.34. The molecule has 4 rings (SSSR count). The molecule has 2 aromatic carbocycles. The lowest BCUT2D eigenvalue weighted by molar-refractivity contribution is -0.143. The van der Waals surface area contributed by atoms with Crippen molar-refractivity contribution >= 4 is 28.6 Å². The fourth-order valence-corrected chi connectivity index (χ4v) is 4.88. The van der Waals surface area contributed by atoms with Gasteiger partial charge in [0.15, 0.2) is 0 Å². The van der Waals surface area contributed by atoms with Gasteiger partial charge in [0, 0.05) is 22.9 Å². The zero-order chi connectivity index (χ0) is 29.0. The van der Waals surface area contributed by atoms with Gasteiger partial charge in [-0.15, -0.1) is 0 Å². The van der Waals surface area contributed by atoms with Crippen LogP contribution in [-0.2, 0) is 21.4 Å². The first-order valence-electron chi connectivity index (χ1n) is 14.5. The maximum absolute atomic E-state index is 12.2. The summed E-state index contributed by atoms with van der Waals surface area (Å²) in [4.78, 5) is 12.2. The van der Waals surface area contributed by atoms with Crippen LogP contribution in [0.15, 0.2) is 59.7 Å². The molecule has 0 bridgehead atoms. The molecule has 0 spiro atoms. The van der Waals surface area contributed by atoms with E-state index in [4.69, 9.17) is 16.3 Å². The monoisotopic (exact) mass is 565 g/mol. The van der Waals surface area contributed by atoms with E-state index in [1.165, 1.54) is 25.7 Å². The number of rotatable bonds is 11. The van der Waals surface area contributed by atoms with Crippen molar-refractivity contribution in [1.82, 2.24) is 15.4 Å². The van der Waals surface area contributed by atoms with Crippen molar-refractivity contribution in [2.45, 2.75) is 96.8 Å². The average molecular weight is 566 g/mol. The van der Waals surface area contributed by atoms with Gasteiger partial charge in [0.2, 0.25) is 0 Å². The molecule has 1 heterocycles. The summed E-state index contributed by atoms with van der Waals surface area (Å²) in [6.45, 7) is 9.01. The van der Waals surface area contributed by atoms with Gasteiger partial charge in [-0.1, -0.05) is 108 Å². The first-order chi connectivity index (χ1) is 19.2. The number of aromatic hydroxyl groups is 1. The molecule has 0 aliphatic heterocycles. The number of para-hydroxylation sites is 2. The summed E-state index contributed by atoms with van der Waals surface area (Å²) in [6, 6.07) is 11.8. The summed E-state index contributed by atoms with van der Waals surface area (Å²) < 4.78 is 5.43. The number of carbonyl (C=O) groups excluding carboxylic acids is 1. The number of aromatic nitrogens is 3. The van der Waals surface area contributed by atoms with E-state index in [0.29, 0.717) is 25.2 Å². The Bertz CT molecular complexity index is 1260. The van der Waals surface area contributed by atoms with Gasteiger partial charge in [0.05, 0.1) is 6.61 Å². The summed E-state index contributed by atoms with van der Waals surface area (Å²) >= 11 is 6.07. The highest BCUT2D eigenvalue weighted by molar-refractivity contribution is 6.31. The Hall–Kier alpha value is -3.12. The van der Waals surface area contributed by atoms with Crippen molar-refractivity contribution in [2.24, 2.45) is 0 Å². The molecule has 216 valence electrons. The molecule has 0 radical (unpaired) electrons. The molecular weight excluding hydrogens is 522 g/mol. The molecular formula is C33H44ClN3O3. The molecule has 40 heavy (non-hydrogen) atoms. The number of nitrogens with zero attached hydrogens (tertiary/aromatic N) is 2. The van der Waals surface area contributed by atoms with E-state index in [2.05, 4.69) is 43.1 Å². The number of aryl methyl sites for hydroxylation is 1. The zero-order valence-corrected chi connectivity index (χ0v) is 25.1. The number of H-pyrrole nitrogens is 1. The van der Waals surface area contributed by atoms with E-state index >= 15 is 0 Å². The highest BCUT2D eigenvalue weighted by atomic mass is 35.5. The van der Waals surface area contributed by atoms with Crippen molar-refractivity contribution in [3.05, 3.63) is 76.3 Å². The fraction of sp³-hybridized carbons (Fsp3) is 0.485. The fourth-order valence-electron chi connectivity index (χ4n) is 4.72. The number of fused-ring (bicyclic) bond motifs is 1. The van der Waals surface area contributed by atoms with Crippen LogP contribution in [0.3, 0.4) is 0 Å². The van der Waals surface area contributed by atoms with Gasteiger partial charge in [-0.25, -0.2) is 0 Å². The van der Waals surface area contributed by atoms with Crippen LogP contribution in [0.1, 0.15) is 102 Å². The lowest BCUT2D eigenvalue weighted by Crippen LogP contribution is -2.14. The zero-order valence-electron chi connectivity index (χ0n) is 24.4. The van der Waals surface area contributed by atoms with Gasteiger partial charge in [0.25, 0.3) is 0 Å². The van der Waals surface area contributed by atoms with E-state index in [9.17, 15) is 9.90 Å². The minimum Gasteiger partial charge on any atom is -0.507 e. The Labute approximate surface area is 243 Å². The van der Waals surface area contributed by atoms with Crippen LogP contribution >= 0.6 is 11.6 Å². The number of carbonyl (C=O) groups is 1. The molecule has 1 atom stereocenters. The molecule has 1 unspecified atom stereocenters. The van der Waals surface area contributed by atoms with E-state index in [0.717, 1.165) is 52.0 Å². The number of esters is 1. The molecule has 6 nitrogen and oxygen atoms in total. The third kappa shape index (κ3) is 9.81. The molecule has 0 saturated heterocycles. The maximum atomic E-state index is 12.2. The summed E-state index contributed by atoms with van der Waals surface area (Å²) in [7, 11) is 0. The van der Waals surface area contributed by atoms with Gasteiger partial charge in [-0.05, 0) is 54.0 Å². The van der Waals surface area contributed by atoms with Gasteiger partial charge >= 0.3 is 5.97 Å². The predicted octanol–water partition coefficient (Wildman–Crippen LogP) is 8.65. The molecule has 2 N–H and O–H groups in total. The minimum atomic E-state index is -0.195. The van der Waals surface area contributed by atoms with Crippen LogP contribution in [-0.4, -0.2) is 33.1 Å². The normalized spacial score (nSPS) is 14.9. The number of allylic oxidation sites excluding steroid dienone is 4. The van der Waals surface area contributed by atoms with Crippen molar-refractivity contribution < 1.29 is 14.6 Å². The molecule has 3 aromatic rings. The van der Waals surface area contributed by atoms with Crippen LogP contribution in [0.5, 0.6) is 5.75 Å². The number of phenols is 1. The summed E-state index contributed by atoms with van der Waals surface area (Å²) in [5, 5.41) is 22.0. The van der Waals surface area contributed by atoms with Gasteiger partial charge < -0.3 is 9.84 Å². The van der Waals surface area contributed by atoms with Crippen LogP contribution in [0.2, 0.25) is 0 Å². The van der Waals surface area contributed by atoms with Crippen molar-refractivity contribution in [1.29, 1.82) is 0 Å². The predicted molar refractivity (Wildman–Crippen MR) is 164 cm³/mol. The number of phenolic OH excluding ortho intramolecular Hbond substituents is 1. The highest BCUT2D eigenvalue weighted by Gasteiger charge is 2.24. The van der Waals surface area contributed by atoms with Crippen molar-refractivity contribution in [2.75, 3.05) is 6.61 Å². The Kier molecular flexibility index (Phi) is 12.3. The number of halogens is 1. The van der Waals surface area contributed by atoms with Gasteiger partial charge in [-0.2, -0.15) is 15.4 Å². The second-order valence-corrected chi connectivity index (χ2v) is 11.9. The molecule has 1 aliphatic carbocycles. The quantitative estimate of drug-likeness (QED) is 0.179. The second kappa shape index (κ2) is 15.6. The number of aromatic amines is 1. The summed E-state index contributed by atoms with van der Waals surface area (Å²) in [5.74, 6) is 0.291. The van der Waals surface area contributed by atoms with E-state index in [1.54, 1.807) is 0 Å². The first-order valence-corrected chi connectivity index (χ1v) is 14.9. The number of hydrogen-bond donors (Lipinski definition) is 2. The van der Waals surface area contributed by atoms with Crippen molar-refractivity contribution in [3.8, 4) is 5.75 Å². The van der Waals surface area contributed by atoms with Crippen molar-refractivity contribution in [3.63, 3.8) is 0 Å². The standard InChI is InChI=1S/C27H39ClO3.C6H5N3/c1-5-6-7-8-9-10-17-31-25(29)16-11-20-18-23(21-12-14-22(28)15-13-21)26(30)24(19-20)27(2,3)4;1-2-4-6-5(3-1)7-9-8-6/h12,14-15,18-19,21,30H,5-11,13,16-17H2,1-4H3;1-4H,(H,7,8,9). The van der Waals surface area contributed by atoms with E-state index in [-0.39, 0.29) is 17.3 Å². The topological polar surface area (TPSA) is 88.1 Å². The molecule has 0 amide bonds. The van der Waals surface area contributed by atoms with Crippen LogP contribution in [0.25, 0.3) is 11.0 Å². The number of hydrogen-bond acceptors (Lipinski definition) is 5. The molecule has 7 heteroatoms. The van der Waals surface area contributed by atoms with Crippen LogP contribution in [0, 0.1) is 0 Å². The number of benzene rings is 2. The maximum Gasteiger partial charge on any atom is 0.306 e. The number of unbranched alkanes of at least 4 members (excludes halogenated alkanes) is 5. The van der Waals surface area contributed by atoms with Gasteiger partial charge in [0.1, 0.15) is 16.8 Å². The largest absolute Gasteiger partial charge is 0.507 e. The lowest BCUT2D eigenvalue weighted by Gasteiger charge is -2.26. The molecule has 0 fully saturated rings. The van der Waals surface area contributed by atoms with Crippen LogP contribution < -0.4 is 0 Å². The van der Waals surface area contributed by atoms with Gasteiger partial charge in [-0.3, -0.25) is 4.79 Å². The van der Waals surface area contributed by atoms with Crippen LogP contribution in [0.4, 0.5) is 0 Å². The Morgan fingerprint density at radius 1 is 1.07 bits per heavy atom. The Morgan fingerprint density at radius 2 is 1.75 bits per heavy atom. The molecule has 1 aromatic heterocycles. The molecule has 1 aliphatic rings. The number of nitrogens with one attached hydrogen (secondary N) is 1. The van der Waals surface area contributed by atoms with E-state index < -0.39 is 0 Å². The average Bonchev–Trinajstić information content (AvgIpc) is 3.41. The summed E-state index contributed by atoms with van der Waals surface area (Å²) in [6.07, 6.45) is 14.7. The smallest absolute Gasteiger partial charge is 0.306 e. The Morgan fingerprint density at radius 3 is 2.38 bits per heavy atom. The van der Waals surface area contributed by atoms with E-state index in [1.807, 2.05) is 54.6 Å². The lowest BCUT2D eigenvalue weighted by atomic mass is 9.80. The number of ether oxygens (including phenoxy) is 1. The third-order valence-electron chi connectivity index (χ3n) is 7.06. The highest BCUT2D eigenvalue weighted by Crippen LogP contribution is 2.40. The molecule has 0 saturated carbocycles. The summed E-state index contributed by atoms with van der Waals surface area (Å²) in [5.41, 5.74) is 4.51. The second-order valence-electron chi connectivity index (χ2n) is 11.4. The minimum absolute atomic E-state index is 0.0863.